The highest BCUT2D eigenvalue weighted by Gasteiger charge is 2.07. The van der Waals surface area contributed by atoms with E-state index in [9.17, 15) is 9.90 Å². The van der Waals surface area contributed by atoms with Gasteiger partial charge in [0, 0.05) is 22.8 Å². The first-order valence-corrected chi connectivity index (χ1v) is 4.69. The van der Waals surface area contributed by atoms with Crippen LogP contribution in [0, 0.1) is 0 Å². The molecular weight excluding hydrogens is 204 g/mol. The van der Waals surface area contributed by atoms with E-state index in [1.54, 1.807) is 18.3 Å². The molecular formula is C12H10N2O2. The van der Waals surface area contributed by atoms with E-state index in [2.05, 4.69) is 16.9 Å². The Kier molecular flexibility index (Phi) is 2.55. The minimum absolute atomic E-state index is 0.115. The summed E-state index contributed by atoms with van der Waals surface area (Å²) < 4.78 is 0. The zero-order valence-corrected chi connectivity index (χ0v) is 8.47. The normalized spacial score (nSPS) is 10.0. The molecule has 0 saturated heterocycles. The molecule has 4 nitrogen and oxygen atoms in total. The summed E-state index contributed by atoms with van der Waals surface area (Å²) in [5.41, 5.74) is 1.72. The molecule has 1 amide bonds. The first kappa shape index (κ1) is 10.2. The third kappa shape index (κ3) is 1.72. The monoisotopic (exact) mass is 214 g/mol. The summed E-state index contributed by atoms with van der Waals surface area (Å²) in [5.74, 6) is 0.115. The third-order valence-electron chi connectivity index (χ3n) is 2.25. The highest BCUT2D eigenvalue weighted by Crippen LogP contribution is 2.26. The van der Waals surface area contributed by atoms with Gasteiger partial charge in [-0.2, -0.15) is 0 Å². The van der Waals surface area contributed by atoms with Gasteiger partial charge in [0.05, 0.1) is 5.52 Å². The Hall–Kier alpha value is -2.36. The Morgan fingerprint density at radius 3 is 3.06 bits per heavy atom. The number of amides is 1. The predicted octanol–water partition coefficient (Wildman–Crippen LogP) is 1.66. The third-order valence-corrected chi connectivity index (χ3v) is 2.25. The van der Waals surface area contributed by atoms with Crippen molar-refractivity contribution in [2.45, 2.75) is 0 Å². The van der Waals surface area contributed by atoms with Crippen LogP contribution in [0.25, 0.3) is 16.6 Å². The molecule has 0 radical (unpaired) electrons. The average Bonchev–Trinajstić information content (AvgIpc) is 2.28. The lowest BCUT2D eigenvalue weighted by Crippen LogP contribution is -2.08. The van der Waals surface area contributed by atoms with Crippen molar-refractivity contribution in [2.75, 3.05) is 0 Å². The Morgan fingerprint density at radius 2 is 2.31 bits per heavy atom. The van der Waals surface area contributed by atoms with Crippen molar-refractivity contribution in [3.8, 4) is 5.75 Å². The number of nitrogens with one attached hydrogen (secondary N) is 1. The molecule has 4 heteroatoms. The number of pyridine rings is 1. The van der Waals surface area contributed by atoms with Crippen molar-refractivity contribution in [3.63, 3.8) is 0 Å². The van der Waals surface area contributed by atoms with Crippen molar-refractivity contribution < 1.29 is 9.90 Å². The van der Waals surface area contributed by atoms with E-state index in [1.807, 2.05) is 6.07 Å². The second-order valence-electron chi connectivity index (χ2n) is 3.31. The van der Waals surface area contributed by atoms with E-state index in [1.165, 1.54) is 6.07 Å². The van der Waals surface area contributed by atoms with Crippen LogP contribution < -0.4 is 5.32 Å². The number of fused-ring (bicyclic) bond motifs is 1. The molecule has 0 aliphatic heterocycles. The van der Waals surface area contributed by atoms with E-state index in [4.69, 9.17) is 0 Å². The van der Waals surface area contributed by atoms with Crippen LogP contribution in [-0.2, 0) is 4.79 Å². The maximum absolute atomic E-state index is 10.4. The summed E-state index contributed by atoms with van der Waals surface area (Å²) in [6.07, 6.45) is 2.19. The molecule has 0 aliphatic carbocycles. The molecule has 16 heavy (non-hydrogen) atoms. The van der Waals surface area contributed by atoms with E-state index in [0.717, 1.165) is 5.39 Å². The molecule has 2 N–H and O–H groups in total. The molecule has 2 aromatic rings. The standard InChI is InChI=1S/C12H10N2O2/c1-8(14-7-15)11-6-10(16)5-9-3-2-4-13-12(9)11/h2-7,16H,1H2,(H,14,15). The number of nitrogens with zero attached hydrogens (tertiary/aromatic N) is 1. The first-order chi connectivity index (χ1) is 7.72. The van der Waals surface area contributed by atoms with Crippen LogP contribution >= 0.6 is 0 Å². The van der Waals surface area contributed by atoms with E-state index in [0.29, 0.717) is 23.2 Å². The summed E-state index contributed by atoms with van der Waals surface area (Å²) in [6.45, 7) is 3.71. The second kappa shape index (κ2) is 4.02. The Bertz CT molecular complexity index is 564. The molecule has 0 unspecified atom stereocenters. The van der Waals surface area contributed by atoms with Gasteiger partial charge >= 0.3 is 0 Å². The number of carbonyl (C=O) groups is 1. The number of carbonyl (C=O) groups excluding carboxylic acids is 1. The van der Waals surface area contributed by atoms with Crippen LogP contribution in [0.5, 0.6) is 5.75 Å². The van der Waals surface area contributed by atoms with Crippen molar-refractivity contribution in [3.05, 3.63) is 42.6 Å². The van der Waals surface area contributed by atoms with E-state index < -0.39 is 0 Å². The molecule has 1 aromatic heterocycles. The van der Waals surface area contributed by atoms with Crippen LogP contribution in [-0.4, -0.2) is 16.5 Å². The lowest BCUT2D eigenvalue weighted by molar-refractivity contribution is -0.108. The molecule has 0 bridgehead atoms. The maximum atomic E-state index is 10.4. The van der Waals surface area contributed by atoms with Gasteiger partial charge in [0.25, 0.3) is 0 Å². The minimum atomic E-state index is 0.115. The Balaban J connectivity index is 2.67. The number of hydrogen-bond donors (Lipinski definition) is 2. The van der Waals surface area contributed by atoms with Crippen molar-refractivity contribution >= 4 is 23.0 Å². The fourth-order valence-corrected chi connectivity index (χ4v) is 1.56. The van der Waals surface area contributed by atoms with Gasteiger partial charge in [0.15, 0.2) is 0 Å². The average molecular weight is 214 g/mol. The summed E-state index contributed by atoms with van der Waals surface area (Å²) in [6, 6.07) is 6.75. The summed E-state index contributed by atoms with van der Waals surface area (Å²) in [5, 5.41) is 12.8. The van der Waals surface area contributed by atoms with Crippen LogP contribution in [0.4, 0.5) is 0 Å². The predicted molar refractivity (Wildman–Crippen MR) is 61.6 cm³/mol. The van der Waals surface area contributed by atoms with Crippen LogP contribution in [0.2, 0.25) is 0 Å². The van der Waals surface area contributed by atoms with Crippen molar-refractivity contribution in [2.24, 2.45) is 0 Å². The molecule has 1 aromatic carbocycles. The van der Waals surface area contributed by atoms with Gasteiger partial charge in [-0.3, -0.25) is 9.78 Å². The highest BCUT2D eigenvalue weighted by atomic mass is 16.3. The number of phenols is 1. The molecule has 0 atom stereocenters. The van der Waals surface area contributed by atoms with Crippen molar-refractivity contribution in [1.82, 2.24) is 10.3 Å². The van der Waals surface area contributed by atoms with Crippen molar-refractivity contribution in [1.29, 1.82) is 0 Å². The van der Waals surface area contributed by atoms with Gasteiger partial charge in [0.1, 0.15) is 5.75 Å². The molecule has 80 valence electrons. The van der Waals surface area contributed by atoms with Gasteiger partial charge in [-0.25, -0.2) is 0 Å². The smallest absolute Gasteiger partial charge is 0.211 e. The quantitative estimate of drug-likeness (QED) is 0.764. The zero-order chi connectivity index (χ0) is 11.5. The van der Waals surface area contributed by atoms with Gasteiger partial charge < -0.3 is 10.4 Å². The first-order valence-electron chi connectivity index (χ1n) is 4.69. The fourth-order valence-electron chi connectivity index (χ4n) is 1.56. The molecule has 0 saturated carbocycles. The number of phenolic OH excluding ortho intramolecular Hbond substituents is 1. The molecule has 0 fully saturated rings. The maximum Gasteiger partial charge on any atom is 0.211 e. The fraction of sp³-hybridized carbons (Fsp3) is 0. The molecule has 1 heterocycles. The molecule has 0 aliphatic rings. The molecule has 0 spiro atoms. The van der Waals surface area contributed by atoms with Gasteiger partial charge in [-0.05, 0) is 18.2 Å². The summed E-state index contributed by atoms with van der Waals surface area (Å²) in [4.78, 5) is 14.6. The Morgan fingerprint density at radius 1 is 1.50 bits per heavy atom. The number of aromatic nitrogens is 1. The lowest BCUT2D eigenvalue weighted by atomic mass is 10.1. The van der Waals surface area contributed by atoms with Crippen LogP contribution in [0.1, 0.15) is 5.56 Å². The zero-order valence-electron chi connectivity index (χ0n) is 8.47. The Labute approximate surface area is 92.2 Å². The van der Waals surface area contributed by atoms with Gasteiger partial charge in [-0.15, -0.1) is 0 Å². The SMILES string of the molecule is C=C(NC=O)c1cc(O)cc2cccnc12. The number of rotatable bonds is 3. The largest absolute Gasteiger partial charge is 0.508 e. The lowest BCUT2D eigenvalue weighted by Gasteiger charge is -2.08. The highest BCUT2D eigenvalue weighted by molar-refractivity contribution is 5.92. The van der Waals surface area contributed by atoms with E-state index in [-0.39, 0.29) is 5.75 Å². The van der Waals surface area contributed by atoms with Crippen LogP contribution in [0.3, 0.4) is 0 Å². The van der Waals surface area contributed by atoms with Gasteiger partial charge in [-0.1, -0.05) is 12.6 Å². The molecule has 2 rings (SSSR count). The number of hydrogen-bond acceptors (Lipinski definition) is 3. The van der Waals surface area contributed by atoms with Crippen LogP contribution in [0.15, 0.2) is 37.0 Å². The van der Waals surface area contributed by atoms with Gasteiger partial charge in [0.2, 0.25) is 6.41 Å². The number of aromatic hydroxyl groups is 1. The summed E-state index contributed by atoms with van der Waals surface area (Å²) >= 11 is 0. The topological polar surface area (TPSA) is 62.2 Å². The van der Waals surface area contributed by atoms with E-state index >= 15 is 0 Å². The summed E-state index contributed by atoms with van der Waals surface area (Å²) in [7, 11) is 0. The number of benzene rings is 1. The minimum Gasteiger partial charge on any atom is -0.508 e. The second-order valence-corrected chi connectivity index (χ2v) is 3.31.